The summed E-state index contributed by atoms with van der Waals surface area (Å²) in [6.07, 6.45) is 4.12. The summed E-state index contributed by atoms with van der Waals surface area (Å²) in [5.41, 5.74) is 1.21. The van der Waals surface area contributed by atoms with Gasteiger partial charge in [0.2, 0.25) is 0 Å². The first-order valence-corrected chi connectivity index (χ1v) is 6.92. The predicted octanol–water partition coefficient (Wildman–Crippen LogP) is 2.60. The molecule has 18 heavy (non-hydrogen) atoms. The summed E-state index contributed by atoms with van der Waals surface area (Å²) in [5, 5.41) is 3.45. The van der Waals surface area contributed by atoms with Crippen LogP contribution in [0.4, 0.5) is 5.69 Å². The molecule has 1 saturated heterocycles. The van der Waals surface area contributed by atoms with Crippen molar-refractivity contribution in [3.8, 4) is 0 Å². The molecule has 1 atom stereocenters. The molecule has 3 heteroatoms. The average molecular weight is 248 g/mol. The van der Waals surface area contributed by atoms with Crippen LogP contribution < -0.4 is 5.32 Å². The second-order valence-electron chi connectivity index (χ2n) is 4.95. The Morgan fingerprint density at radius 2 is 2.17 bits per heavy atom. The third kappa shape index (κ3) is 4.31. The quantitative estimate of drug-likeness (QED) is 0.783. The molecule has 1 aromatic rings. The zero-order valence-electron chi connectivity index (χ0n) is 11.3. The highest BCUT2D eigenvalue weighted by molar-refractivity contribution is 5.42. The molecule has 1 aromatic carbocycles. The molecule has 1 aliphatic heterocycles. The number of hydrogen-bond acceptors (Lipinski definition) is 3. The first-order chi connectivity index (χ1) is 8.88. The molecular weight excluding hydrogens is 224 g/mol. The molecule has 1 N–H and O–H groups in total. The van der Waals surface area contributed by atoms with Crippen molar-refractivity contribution in [1.82, 2.24) is 4.90 Å². The maximum atomic E-state index is 5.44. The van der Waals surface area contributed by atoms with E-state index in [4.69, 9.17) is 4.74 Å². The molecule has 100 valence electrons. The third-order valence-electron chi connectivity index (χ3n) is 3.55. The Balaban J connectivity index is 1.60. The number of likely N-dealkylation sites (tertiary alicyclic amines) is 1. The van der Waals surface area contributed by atoms with Gasteiger partial charge in [-0.1, -0.05) is 18.2 Å². The number of anilines is 1. The van der Waals surface area contributed by atoms with Crippen LogP contribution in [0.3, 0.4) is 0 Å². The lowest BCUT2D eigenvalue weighted by Crippen LogP contribution is -2.40. The van der Waals surface area contributed by atoms with Crippen molar-refractivity contribution >= 4 is 5.69 Å². The van der Waals surface area contributed by atoms with Crippen molar-refractivity contribution in [3.05, 3.63) is 30.3 Å². The summed E-state index contributed by atoms with van der Waals surface area (Å²) < 4.78 is 5.44. The van der Waals surface area contributed by atoms with Crippen LogP contribution in [0, 0.1) is 0 Å². The first kappa shape index (κ1) is 13.4. The summed E-state index contributed by atoms with van der Waals surface area (Å²) in [5.74, 6) is 0. The molecule has 1 fully saturated rings. The van der Waals surface area contributed by atoms with Gasteiger partial charge in [-0.3, -0.25) is 0 Å². The molecule has 0 bridgehead atoms. The van der Waals surface area contributed by atoms with Gasteiger partial charge in [-0.2, -0.15) is 0 Å². The van der Waals surface area contributed by atoms with E-state index in [0.29, 0.717) is 6.10 Å². The van der Waals surface area contributed by atoms with Gasteiger partial charge in [-0.25, -0.2) is 0 Å². The molecule has 1 unspecified atom stereocenters. The Kier molecular flexibility index (Phi) is 5.49. The van der Waals surface area contributed by atoms with E-state index in [2.05, 4.69) is 34.5 Å². The molecule has 3 nitrogen and oxygen atoms in total. The standard InChI is InChI=1S/C15H24N2O/c1-18-15-9-5-11-17(13-15)12-6-10-16-14-7-3-2-4-8-14/h2-4,7-8,15-16H,5-6,9-13H2,1H3. The van der Waals surface area contributed by atoms with Gasteiger partial charge >= 0.3 is 0 Å². The smallest absolute Gasteiger partial charge is 0.0698 e. The SMILES string of the molecule is COC1CCCN(CCCNc2ccccc2)C1. The fourth-order valence-electron chi connectivity index (χ4n) is 2.50. The van der Waals surface area contributed by atoms with Crippen LogP contribution in [0.5, 0.6) is 0 Å². The number of rotatable bonds is 6. The first-order valence-electron chi connectivity index (χ1n) is 6.92. The second-order valence-corrected chi connectivity index (χ2v) is 4.95. The lowest BCUT2D eigenvalue weighted by Gasteiger charge is -2.31. The topological polar surface area (TPSA) is 24.5 Å². The molecule has 1 heterocycles. The Labute approximate surface area is 110 Å². The van der Waals surface area contributed by atoms with Crippen LogP contribution in [0.25, 0.3) is 0 Å². The Morgan fingerprint density at radius 3 is 2.94 bits per heavy atom. The minimum Gasteiger partial charge on any atom is -0.385 e. The van der Waals surface area contributed by atoms with E-state index in [-0.39, 0.29) is 0 Å². The summed E-state index contributed by atoms with van der Waals surface area (Å²) in [7, 11) is 1.82. The van der Waals surface area contributed by atoms with Gasteiger partial charge in [-0.05, 0) is 44.5 Å². The van der Waals surface area contributed by atoms with E-state index < -0.39 is 0 Å². The largest absolute Gasteiger partial charge is 0.385 e. The molecule has 0 saturated carbocycles. The van der Waals surface area contributed by atoms with Crippen LogP contribution in [0.1, 0.15) is 19.3 Å². The van der Waals surface area contributed by atoms with Crippen LogP contribution in [0.2, 0.25) is 0 Å². The maximum Gasteiger partial charge on any atom is 0.0698 e. The van der Waals surface area contributed by atoms with Crippen molar-refractivity contribution in [1.29, 1.82) is 0 Å². The predicted molar refractivity (Wildman–Crippen MR) is 76.0 cm³/mol. The summed E-state index contributed by atoms with van der Waals surface area (Å²) in [4.78, 5) is 2.52. The van der Waals surface area contributed by atoms with E-state index in [1.807, 2.05) is 13.2 Å². The molecule has 1 aliphatic rings. The maximum absolute atomic E-state index is 5.44. The Hall–Kier alpha value is -1.06. The van der Waals surface area contributed by atoms with Crippen molar-refractivity contribution in [3.63, 3.8) is 0 Å². The molecule has 0 amide bonds. The van der Waals surface area contributed by atoms with Crippen LogP contribution in [-0.4, -0.2) is 44.3 Å². The normalized spacial score (nSPS) is 20.8. The number of ether oxygens (including phenoxy) is 1. The highest BCUT2D eigenvalue weighted by atomic mass is 16.5. The second kappa shape index (κ2) is 7.39. The number of nitrogens with zero attached hydrogens (tertiary/aromatic N) is 1. The van der Waals surface area contributed by atoms with E-state index in [1.54, 1.807) is 0 Å². The highest BCUT2D eigenvalue weighted by Crippen LogP contribution is 2.12. The molecule has 0 aromatic heterocycles. The van der Waals surface area contributed by atoms with E-state index >= 15 is 0 Å². The van der Waals surface area contributed by atoms with Crippen LogP contribution in [-0.2, 0) is 4.74 Å². The number of benzene rings is 1. The number of methoxy groups -OCH3 is 1. The molecule has 0 aliphatic carbocycles. The lowest BCUT2D eigenvalue weighted by atomic mass is 10.1. The molecule has 0 spiro atoms. The summed E-state index contributed by atoms with van der Waals surface area (Å²) in [6, 6.07) is 10.4. The van der Waals surface area contributed by atoms with Crippen molar-refractivity contribution in [2.75, 3.05) is 38.6 Å². The zero-order chi connectivity index (χ0) is 12.6. The zero-order valence-corrected chi connectivity index (χ0v) is 11.3. The third-order valence-corrected chi connectivity index (χ3v) is 3.55. The monoisotopic (exact) mass is 248 g/mol. The number of hydrogen-bond donors (Lipinski definition) is 1. The van der Waals surface area contributed by atoms with E-state index in [9.17, 15) is 0 Å². The average Bonchev–Trinajstić information content (AvgIpc) is 2.45. The van der Waals surface area contributed by atoms with Gasteiger partial charge in [0.05, 0.1) is 6.10 Å². The summed E-state index contributed by atoms with van der Waals surface area (Å²) >= 11 is 0. The fraction of sp³-hybridized carbons (Fsp3) is 0.600. The number of nitrogens with one attached hydrogen (secondary N) is 1. The molecule has 0 radical (unpaired) electrons. The number of para-hydroxylation sites is 1. The van der Waals surface area contributed by atoms with E-state index in [0.717, 1.165) is 13.1 Å². The van der Waals surface area contributed by atoms with Crippen LogP contribution in [0.15, 0.2) is 30.3 Å². The van der Waals surface area contributed by atoms with Gasteiger partial charge < -0.3 is 15.0 Å². The molecule has 2 rings (SSSR count). The molecular formula is C15H24N2O. The fourth-order valence-corrected chi connectivity index (χ4v) is 2.50. The highest BCUT2D eigenvalue weighted by Gasteiger charge is 2.18. The van der Waals surface area contributed by atoms with Crippen molar-refractivity contribution < 1.29 is 4.74 Å². The van der Waals surface area contributed by atoms with Gasteiger partial charge in [0, 0.05) is 25.9 Å². The minimum atomic E-state index is 0.445. The van der Waals surface area contributed by atoms with E-state index in [1.165, 1.54) is 38.0 Å². The lowest BCUT2D eigenvalue weighted by molar-refractivity contribution is 0.0314. The number of piperidine rings is 1. The van der Waals surface area contributed by atoms with Gasteiger partial charge in [-0.15, -0.1) is 0 Å². The minimum absolute atomic E-state index is 0.445. The van der Waals surface area contributed by atoms with Gasteiger partial charge in [0.25, 0.3) is 0 Å². The van der Waals surface area contributed by atoms with Crippen LogP contribution >= 0.6 is 0 Å². The van der Waals surface area contributed by atoms with Crippen molar-refractivity contribution in [2.45, 2.75) is 25.4 Å². The van der Waals surface area contributed by atoms with Crippen molar-refractivity contribution in [2.24, 2.45) is 0 Å². The Bertz CT molecular complexity index is 329. The van der Waals surface area contributed by atoms with Gasteiger partial charge in [0.15, 0.2) is 0 Å². The Morgan fingerprint density at radius 1 is 1.33 bits per heavy atom. The summed E-state index contributed by atoms with van der Waals surface area (Å²) in [6.45, 7) is 4.53. The van der Waals surface area contributed by atoms with Gasteiger partial charge in [0.1, 0.15) is 0 Å².